The zero-order chi connectivity index (χ0) is 7.61. The van der Waals surface area contributed by atoms with E-state index in [1.165, 1.54) is 0 Å². The van der Waals surface area contributed by atoms with Crippen LogP contribution < -0.4 is 0 Å². The Morgan fingerprint density at radius 3 is 2.40 bits per heavy atom. The number of pyridine rings is 1. The maximum absolute atomic E-state index is 3.80. The van der Waals surface area contributed by atoms with Crippen LogP contribution in [0.15, 0.2) is 12.1 Å². The third-order valence-corrected chi connectivity index (χ3v) is 1.37. The van der Waals surface area contributed by atoms with E-state index in [9.17, 15) is 0 Å². The van der Waals surface area contributed by atoms with Gasteiger partial charge in [-0.05, 0) is 17.0 Å². The summed E-state index contributed by atoms with van der Waals surface area (Å²) in [6, 6.07) is 3.81. The minimum absolute atomic E-state index is 0.155. The molecule has 0 saturated carbocycles. The summed E-state index contributed by atoms with van der Waals surface area (Å²) >= 11 is 0. The fourth-order valence-electron chi connectivity index (χ4n) is 0.705. The van der Waals surface area contributed by atoms with Crippen LogP contribution in [0.4, 0.5) is 0 Å². The molecular formula is C9H11N. The van der Waals surface area contributed by atoms with Crippen molar-refractivity contribution in [3.63, 3.8) is 0 Å². The highest BCUT2D eigenvalue weighted by atomic mass is 14.6. The highest BCUT2D eigenvalue weighted by Gasteiger charge is 2.12. The number of rotatable bonds is 0. The van der Waals surface area contributed by atoms with Gasteiger partial charge in [-0.25, -0.2) is 4.98 Å². The van der Waals surface area contributed by atoms with Crippen molar-refractivity contribution >= 4 is 0 Å². The molecule has 0 fully saturated rings. The summed E-state index contributed by atoms with van der Waals surface area (Å²) in [4.78, 5) is 3.80. The summed E-state index contributed by atoms with van der Waals surface area (Å²) < 4.78 is 0. The van der Waals surface area contributed by atoms with Crippen LogP contribution in [0.5, 0.6) is 0 Å². The smallest absolute Gasteiger partial charge is 0.0934 e. The zero-order valence-electron chi connectivity index (χ0n) is 6.60. The van der Waals surface area contributed by atoms with Crippen LogP contribution in [0, 0.1) is 12.4 Å². The minimum atomic E-state index is 0.155. The van der Waals surface area contributed by atoms with E-state index in [-0.39, 0.29) is 5.41 Å². The van der Waals surface area contributed by atoms with Crippen molar-refractivity contribution in [2.75, 3.05) is 0 Å². The maximum Gasteiger partial charge on any atom is 0.0934 e. The molecule has 0 bridgehead atoms. The predicted molar refractivity (Wildman–Crippen MR) is 40.6 cm³/mol. The number of nitrogens with zero attached hydrogens (tertiary/aromatic N) is 1. The molecule has 0 N–H and O–H groups in total. The van der Waals surface area contributed by atoms with Crippen LogP contribution in [-0.2, 0) is 5.41 Å². The highest BCUT2D eigenvalue weighted by Crippen LogP contribution is 2.19. The molecule has 0 unspecified atom stereocenters. The van der Waals surface area contributed by atoms with E-state index in [2.05, 4.69) is 38.1 Å². The van der Waals surface area contributed by atoms with Crippen molar-refractivity contribution in [3.8, 4) is 0 Å². The number of aromatic nitrogens is 1. The van der Waals surface area contributed by atoms with Crippen molar-refractivity contribution in [2.45, 2.75) is 26.2 Å². The Kier molecular flexibility index (Phi) is 1.75. The Balaban J connectivity index is 2.97. The summed E-state index contributed by atoms with van der Waals surface area (Å²) in [5.41, 5.74) is 1.29. The van der Waals surface area contributed by atoms with Crippen molar-refractivity contribution < 1.29 is 0 Å². The summed E-state index contributed by atoms with van der Waals surface area (Å²) in [6.45, 7) is 6.42. The van der Waals surface area contributed by atoms with Crippen molar-refractivity contribution in [3.05, 3.63) is 30.1 Å². The number of hydrogen-bond donors (Lipinski definition) is 0. The fraction of sp³-hybridized carbons (Fsp3) is 0.444. The Hall–Kier alpha value is -0.850. The molecule has 2 radical (unpaired) electrons. The third-order valence-electron chi connectivity index (χ3n) is 1.37. The molecule has 0 atom stereocenters. The monoisotopic (exact) mass is 133 g/mol. The molecule has 0 saturated heterocycles. The largest absolute Gasteiger partial charge is 0.244 e. The Morgan fingerprint density at radius 2 is 2.10 bits per heavy atom. The van der Waals surface area contributed by atoms with E-state index in [1.54, 1.807) is 0 Å². The first kappa shape index (κ1) is 7.26. The molecule has 0 amide bonds. The molecule has 1 nitrogen and oxygen atoms in total. The van der Waals surface area contributed by atoms with E-state index in [0.29, 0.717) is 0 Å². The van der Waals surface area contributed by atoms with Crippen LogP contribution in [0.25, 0.3) is 0 Å². The molecule has 0 aliphatic rings. The van der Waals surface area contributed by atoms with Crippen molar-refractivity contribution in [1.29, 1.82) is 0 Å². The molecule has 1 heterocycles. The van der Waals surface area contributed by atoms with Gasteiger partial charge in [0.25, 0.3) is 0 Å². The first-order chi connectivity index (χ1) is 4.61. The first-order valence-electron chi connectivity index (χ1n) is 3.36. The van der Waals surface area contributed by atoms with Crippen LogP contribution in [0.2, 0.25) is 0 Å². The molecule has 0 aromatic carbocycles. The van der Waals surface area contributed by atoms with Gasteiger partial charge in [0.1, 0.15) is 0 Å². The second kappa shape index (κ2) is 2.41. The van der Waals surface area contributed by atoms with E-state index in [4.69, 9.17) is 0 Å². The van der Waals surface area contributed by atoms with Gasteiger partial charge in [0.05, 0.1) is 12.4 Å². The lowest BCUT2D eigenvalue weighted by molar-refractivity contribution is 0.586. The second-order valence-corrected chi connectivity index (χ2v) is 3.35. The first-order valence-corrected chi connectivity index (χ1v) is 3.36. The van der Waals surface area contributed by atoms with Gasteiger partial charge in [0.15, 0.2) is 0 Å². The average Bonchev–Trinajstić information content (AvgIpc) is 1.88. The van der Waals surface area contributed by atoms with Crippen molar-refractivity contribution in [2.24, 2.45) is 0 Å². The van der Waals surface area contributed by atoms with Crippen LogP contribution in [-0.4, -0.2) is 4.98 Å². The van der Waals surface area contributed by atoms with E-state index < -0.39 is 0 Å². The SMILES string of the molecule is CC(C)(C)c1[c]n[c]cc1. The minimum Gasteiger partial charge on any atom is -0.244 e. The summed E-state index contributed by atoms with van der Waals surface area (Å²) in [7, 11) is 0. The van der Waals surface area contributed by atoms with Crippen LogP contribution >= 0.6 is 0 Å². The molecule has 1 heteroatoms. The quantitative estimate of drug-likeness (QED) is 0.527. The summed E-state index contributed by atoms with van der Waals surface area (Å²) in [5.74, 6) is 0. The van der Waals surface area contributed by atoms with Gasteiger partial charge in [0, 0.05) is 0 Å². The Morgan fingerprint density at radius 1 is 1.40 bits per heavy atom. The lowest BCUT2D eigenvalue weighted by Crippen LogP contribution is -2.11. The number of hydrogen-bond acceptors (Lipinski definition) is 1. The van der Waals surface area contributed by atoms with Crippen LogP contribution in [0.3, 0.4) is 0 Å². The molecule has 1 aromatic rings. The zero-order valence-corrected chi connectivity index (χ0v) is 6.60. The molecule has 1 rings (SSSR count). The summed E-state index contributed by atoms with van der Waals surface area (Å²) in [6.07, 6.45) is 5.60. The van der Waals surface area contributed by atoms with E-state index in [0.717, 1.165) is 5.56 Å². The molecule has 1 aromatic heterocycles. The molecule has 52 valence electrons. The molecule has 0 spiro atoms. The average molecular weight is 133 g/mol. The normalized spacial score (nSPS) is 11.5. The van der Waals surface area contributed by atoms with Gasteiger partial charge < -0.3 is 0 Å². The van der Waals surface area contributed by atoms with Gasteiger partial charge in [-0.15, -0.1) is 0 Å². The van der Waals surface area contributed by atoms with Gasteiger partial charge in [0.2, 0.25) is 0 Å². The third kappa shape index (κ3) is 1.56. The fourth-order valence-corrected chi connectivity index (χ4v) is 0.705. The van der Waals surface area contributed by atoms with Gasteiger partial charge >= 0.3 is 0 Å². The van der Waals surface area contributed by atoms with Gasteiger partial charge in [-0.1, -0.05) is 26.8 Å². The molecule has 10 heavy (non-hydrogen) atoms. The Bertz CT molecular complexity index is 196. The predicted octanol–water partition coefficient (Wildman–Crippen LogP) is 1.98. The lowest BCUT2D eigenvalue weighted by atomic mass is 9.88. The second-order valence-electron chi connectivity index (χ2n) is 3.35. The highest BCUT2D eigenvalue weighted by molar-refractivity contribution is 5.16. The Labute approximate surface area is 62.1 Å². The topological polar surface area (TPSA) is 12.9 Å². The maximum atomic E-state index is 3.80. The lowest BCUT2D eigenvalue weighted by Gasteiger charge is -2.16. The molecule has 0 aliphatic heterocycles. The van der Waals surface area contributed by atoms with E-state index in [1.807, 2.05) is 12.1 Å². The van der Waals surface area contributed by atoms with E-state index >= 15 is 0 Å². The van der Waals surface area contributed by atoms with Crippen molar-refractivity contribution in [1.82, 2.24) is 4.98 Å². The van der Waals surface area contributed by atoms with Gasteiger partial charge in [-0.2, -0.15) is 0 Å². The van der Waals surface area contributed by atoms with Gasteiger partial charge in [-0.3, -0.25) is 0 Å². The molecular weight excluding hydrogens is 122 g/mol. The molecule has 0 aliphatic carbocycles. The van der Waals surface area contributed by atoms with Crippen LogP contribution in [0.1, 0.15) is 26.3 Å². The summed E-state index contributed by atoms with van der Waals surface area (Å²) in [5, 5.41) is 0. The standard InChI is InChI=1S/C9H11N/c1-9(2,3)8-5-4-6-10-7-8/h4-5H,1-3H3.